The van der Waals surface area contributed by atoms with Gasteiger partial charge in [0.1, 0.15) is 11.2 Å². The van der Waals surface area contributed by atoms with Crippen LogP contribution in [-0.4, -0.2) is 34.8 Å². The highest BCUT2D eigenvalue weighted by molar-refractivity contribution is 14.1. The molecule has 1 heterocycles. The number of amides is 1. The Morgan fingerprint density at radius 1 is 1.32 bits per heavy atom. The molecule has 1 aromatic rings. The van der Waals surface area contributed by atoms with Gasteiger partial charge in [-0.05, 0) is 61.1 Å². The number of nitrogens with zero attached hydrogens (tertiary/aromatic N) is 1. The first-order valence-electron chi connectivity index (χ1n) is 6.16. The minimum absolute atomic E-state index is 0.280. The largest absolute Gasteiger partial charge is 0.444 e. The number of rotatable bonds is 1. The van der Waals surface area contributed by atoms with Crippen LogP contribution in [0.15, 0.2) is 24.3 Å². The van der Waals surface area contributed by atoms with E-state index in [-0.39, 0.29) is 19.2 Å². The van der Waals surface area contributed by atoms with E-state index in [0.29, 0.717) is 0 Å². The van der Waals surface area contributed by atoms with E-state index in [0.717, 1.165) is 9.13 Å². The molecule has 0 atom stereocenters. The van der Waals surface area contributed by atoms with Crippen LogP contribution in [0.2, 0.25) is 0 Å². The maximum Gasteiger partial charge on any atom is 0.410 e. The molecule has 0 radical (unpaired) electrons. The normalized spacial score (nSPS) is 17.8. The highest BCUT2D eigenvalue weighted by Gasteiger charge is 2.46. The van der Waals surface area contributed by atoms with Gasteiger partial charge in [-0.2, -0.15) is 0 Å². The molecule has 4 nitrogen and oxygen atoms in total. The van der Waals surface area contributed by atoms with Gasteiger partial charge in [-0.1, -0.05) is 12.1 Å². The Balaban J connectivity index is 1.98. The Morgan fingerprint density at radius 3 is 2.32 bits per heavy atom. The Hall–Kier alpha value is -0.820. The van der Waals surface area contributed by atoms with Gasteiger partial charge in [0.05, 0.1) is 13.1 Å². The van der Waals surface area contributed by atoms with Crippen molar-refractivity contribution in [1.29, 1.82) is 0 Å². The summed E-state index contributed by atoms with van der Waals surface area (Å²) in [5, 5.41) is 10.4. The lowest BCUT2D eigenvalue weighted by molar-refractivity contribution is -0.103. The van der Waals surface area contributed by atoms with Crippen molar-refractivity contribution >= 4 is 28.7 Å². The van der Waals surface area contributed by atoms with Crippen LogP contribution in [0.3, 0.4) is 0 Å². The molecule has 1 N–H and O–H groups in total. The van der Waals surface area contributed by atoms with E-state index in [1.54, 1.807) is 0 Å². The number of carbonyl (C=O) groups is 1. The quantitative estimate of drug-likeness (QED) is 0.768. The first-order valence-corrected chi connectivity index (χ1v) is 7.24. The number of likely N-dealkylation sites (tertiary alicyclic amines) is 1. The maximum absolute atomic E-state index is 11.8. The average molecular weight is 375 g/mol. The lowest BCUT2D eigenvalue weighted by Gasteiger charge is -2.46. The van der Waals surface area contributed by atoms with Gasteiger partial charge in [-0.15, -0.1) is 0 Å². The van der Waals surface area contributed by atoms with Crippen LogP contribution in [0.1, 0.15) is 26.3 Å². The smallest absolute Gasteiger partial charge is 0.410 e. The number of carbonyl (C=O) groups excluding carboxylic acids is 1. The number of hydrogen-bond donors (Lipinski definition) is 1. The fourth-order valence-corrected chi connectivity index (χ4v) is 2.34. The third kappa shape index (κ3) is 3.39. The Morgan fingerprint density at radius 2 is 1.84 bits per heavy atom. The molecule has 2 rings (SSSR count). The van der Waals surface area contributed by atoms with E-state index in [2.05, 4.69) is 22.6 Å². The number of ether oxygens (including phenoxy) is 1. The van der Waals surface area contributed by atoms with Crippen molar-refractivity contribution < 1.29 is 14.6 Å². The number of β-amino-alcohol motifs (C(OH)–C–C–N with tert-alkyl or cyclic N) is 1. The lowest BCUT2D eigenvalue weighted by atomic mass is 9.86. The molecule has 1 saturated heterocycles. The number of halogens is 1. The minimum Gasteiger partial charge on any atom is -0.444 e. The number of benzene rings is 1. The zero-order valence-corrected chi connectivity index (χ0v) is 13.5. The van der Waals surface area contributed by atoms with Crippen molar-refractivity contribution in [3.63, 3.8) is 0 Å². The molecule has 0 bridgehead atoms. The first-order chi connectivity index (χ1) is 8.70. The Kier molecular flexibility index (Phi) is 3.79. The molecule has 104 valence electrons. The van der Waals surface area contributed by atoms with Gasteiger partial charge >= 0.3 is 6.09 Å². The summed E-state index contributed by atoms with van der Waals surface area (Å²) >= 11 is 2.22. The van der Waals surface area contributed by atoms with Crippen molar-refractivity contribution in [2.75, 3.05) is 13.1 Å². The fourth-order valence-electron chi connectivity index (χ4n) is 1.98. The molecule has 5 heteroatoms. The molecule has 1 aromatic carbocycles. The Labute approximate surface area is 126 Å². The molecule has 0 spiro atoms. The van der Waals surface area contributed by atoms with Crippen LogP contribution in [0, 0.1) is 3.57 Å². The second-order valence-corrected chi connectivity index (χ2v) is 7.12. The van der Waals surface area contributed by atoms with Crippen LogP contribution in [-0.2, 0) is 10.3 Å². The monoisotopic (exact) mass is 375 g/mol. The lowest BCUT2D eigenvalue weighted by Crippen LogP contribution is -2.61. The highest BCUT2D eigenvalue weighted by Crippen LogP contribution is 2.33. The average Bonchev–Trinajstić information content (AvgIpc) is 2.23. The van der Waals surface area contributed by atoms with E-state index in [9.17, 15) is 9.90 Å². The zero-order valence-electron chi connectivity index (χ0n) is 11.3. The van der Waals surface area contributed by atoms with Gasteiger partial charge in [-0.25, -0.2) is 4.79 Å². The summed E-state index contributed by atoms with van der Waals surface area (Å²) in [6.45, 7) is 6.05. The maximum atomic E-state index is 11.8. The predicted octanol–water partition coefficient (Wildman–Crippen LogP) is 2.73. The summed E-state index contributed by atoms with van der Waals surface area (Å²) in [6.07, 6.45) is -0.373. The minimum atomic E-state index is -0.943. The topological polar surface area (TPSA) is 49.8 Å². The zero-order chi connectivity index (χ0) is 14.3. The van der Waals surface area contributed by atoms with Gasteiger partial charge in [0, 0.05) is 3.57 Å². The summed E-state index contributed by atoms with van der Waals surface area (Å²) in [5.41, 5.74) is -0.609. The molecule has 0 aromatic heterocycles. The number of hydrogen-bond acceptors (Lipinski definition) is 3. The van der Waals surface area contributed by atoms with Crippen molar-refractivity contribution in [2.45, 2.75) is 32.0 Å². The SMILES string of the molecule is CC(C)(C)OC(=O)N1CC(O)(c2ccc(I)cc2)C1. The predicted molar refractivity (Wildman–Crippen MR) is 80.9 cm³/mol. The third-order valence-corrected chi connectivity index (χ3v) is 3.66. The van der Waals surface area contributed by atoms with Crippen LogP contribution in [0.5, 0.6) is 0 Å². The van der Waals surface area contributed by atoms with Gasteiger partial charge in [0.2, 0.25) is 0 Å². The molecule has 1 aliphatic rings. The molecular formula is C14H18INO3. The van der Waals surface area contributed by atoms with E-state index < -0.39 is 11.2 Å². The van der Waals surface area contributed by atoms with Crippen molar-refractivity contribution in [3.8, 4) is 0 Å². The summed E-state index contributed by atoms with van der Waals surface area (Å²) in [7, 11) is 0. The van der Waals surface area contributed by atoms with E-state index >= 15 is 0 Å². The second-order valence-electron chi connectivity index (χ2n) is 5.87. The summed E-state index contributed by atoms with van der Waals surface area (Å²) < 4.78 is 6.38. The van der Waals surface area contributed by atoms with Gasteiger partial charge in [0.15, 0.2) is 0 Å². The van der Waals surface area contributed by atoms with Crippen molar-refractivity contribution in [3.05, 3.63) is 33.4 Å². The van der Waals surface area contributed by atoms with Crippen molar-refractivity contribution in [1.82, 2.24) is 4.90 Å². The van der Waals surface area contributed by atoms with E-state index in [4.69, 9.17) is 4.74 Å². The molecule has 19 heavy (non-hydrogen) atoms. The third-order valence-electron chi connectivity index (χ3n) is 2.94. The standard InChI is InChI=1S/C14H18INO3/c1-13(2,3)19-12(17)16-8-14(18,9-16)10-4-6-11(15)7-5-10/h4-7,18H,8-9H2,1-3H3. The van der Waals surface area contributed by atoms with Crippen molar-refractivity contribution in [2.24, 2.45) is 0 Å². The highest BCUT2D eigenvalue weighted by atomic mass is 127. The van der Waals surface area contributed by atoms with Crippen LogP contribution in [0.4, 0.5) is 4.79 Å². The first kappa shape index (κ1) is 14.6. The molecular weight excluding hydrogens is 357 g/mol. The molecule has 0 aliphatic carbocycles. The number of aliphatic hydroxyl groups is 1. The van der Waals surface area contributed by atoms with Crippen LogP contribution < -0.4 is 0 Å². The van der Waals surface area contributed by atoms with Crippen LogP contribution in [0.25, 0.3) is 0 Å². The molecule has 0 saturated carbocycles. The molecule has 1 aliphatic heterocycles. The molecule has 1 amide bonds. The summed E-state index contributed by atoms with van der Waals surface area (Å²) in [4.78, 5) is 13.3. The van der Waals surface area contributed by atoms with Crippen LogP contribution >= 0.6 is 22.6 Å². The fraction of sp³-hybridized carbons (Fsp3) is 0.500. The summed E-state index contributed by atoms with van der Waals surface area (Å²) in [5.74, 6) is 0. The van der Waals surface area contributed by atoms with E-state index in [1.165, 1.54) is 4.90 Å². The molecule has 0 unspecified atom stereocenters. The van der Waals surface area contributed by atoms with Gasteiger partial charge in [-0.3, -0.25) is 0 Å². The van der Waals surface area contributed by atoms with E-state index in [1.807, 2.05) is 45.0 Å². The summed E-state index contributed by atoms with van der Waals surface area (Å²) in [6, 6.07) is 7.69. The second kappa shape index (κ2) is 4.94. The van der Waals surface area contributed by atoms with Gasteiger partial charge < -0.3 is 14.7 Å². The Bertz CT molecular complexity index is 472. The van der Waals surface area contributed by atoms with Gasteiger partial charge in [0.25, 0.3) is 0 Å². The molecule has 1 fully saturated rings.